The first-order chi connectivity index (χ1) is 10.4. The lowest BCUT2D eigenvalue weighted by Gasteiger charge is -2.07. The van der Waals surface area contributed by atoms with Crippen molar-refractivity contribution in [2.75, 3.05) is 18.9 Å². The van der Waals surface area contributed by atoms with E-state index in [1.807, 2.05) is 0 Å². The van der Waals surface area contributed by atoms with Crippen molar-refractivity contribution < 1.29 is 17.2 Å². The van der Waals surface area contributed by atoms with E-state index in [9.17, 15) is 17.2 Å². The summed E-state index contributed by atoms with van der Waals surface area (Å²) in [5.41, 5.74) is 0.527. The van der Waals surface area contributed by atoms with Gasteiger partial charge in [0.25, 0.3) is 0 Å². The van der Waals surface area contributed by atoms with Crippen molar-refractivity contribution in [3.63, 3.8) is 0 Å². The van der Waals surface area contributed by atoms with Gasteiger partial charge in [0, 0.05) is 18.8 Å². The lowest BCUT2D eigenvalue weighted by Crippen LogP contribution is -2.18. The third kappa shape index (κ3) is 4.22. The van der Waals surface area contributed by atoms with Crippen LogP contribution in [0.1, 0.15) is 5.56 Å². The molecule has 5 nitrogen and oxygen atoms in total. The molecule has 0 aliphatic heterocycles. The van der Waals surface area contributed by atoms with Crippen LogP contribution in [0.15, 0.2) is 41.4 Å². The fourth-order valence-electron chi connectivity index (χ4n) is 1.85. The molecule has 1 heterocycles. The third-order valence-electron chi connectivity index (χ3n) is 2.96. The van der Waals surface area contributed by atoms with Gasteiger partial charge in [-0.2, -0.15) is 0 Å². The predicted molar refractivity (Wildman–Crippen MR) is 79.0 cm³/mol. The van der Waals surface area contributed by atoms with Crippen LogP contribution < -0.4 is 10.0 Å². The Bertz CT molecular complexity index is 729. The van der Waals surface area contributed by atoms with Crippen LogP contribution in [0.5, 0.6) is 0 Å². The lowest BCUT2D eigenvalue weighted by molar-refractivity contribution is 0.579. The van der Waals surface area contributed by atoms with E-state index in [0.29, 0.717) is 24.3 Å². The minimum absolute atomic E-state index is 0.0627. The van der Waals surface area contributed by atoms with Crippen molar-refractivity contribution in [3.05, 3.63) is 53.7 Å². The van der Waals surface area contributed by atoms with Gasteiger partial charge in [-0.25, -0.2) is 26.9 Å². The molecule has 0 amide bonds. The minimum Gasteiger partial charge on any atom is -0.370 e. The molecular formula is C14H15F2N3O2S. The van der Waals surface area contributed by atoms with Crippen LogP contribution in [-0.4, -0.2) is 27.0 Å². The Kier molecular flexibility index (Phi) is 5.04. The van der Waals surface area contributed by atoms with Crippen LogP contribution in [-0.2, 0) is 16.4 Å². The topological polar surface area (TPSA) is 71.1 Å². The number of nitrogens with zero attached hydrogens (tertiary/aromatic N) is 1. The average molecular weight is 327 g/mol. The highest BCUT2D eigenvalue weighted by Gasteiger charge is 2.11. The molecule has 0 saturated carbocycles. The van der Waals surface area contributed by atoms with Crippen molar-refractivity contribution in [1.29, 1.82) is 0 Å². The normalized spacial score (nSPS) is 11.4. The Labute approximate surface area is 127 Å². The van der Waals surface area contributed by atoms with Crippen LogP contribution in [0.4, 0.5) is 14.6 Å². The summed E-state index contributed by atoms with van der Waals surface area (Å²) >= 11 is 0. The maximum absolute atomic E-state index is 13.0. The molecule has 0 spiro atoms. The summed E-state index contributed by atoms with van der Waals surface area (Å²) in [5, 5.41) is 2.96. The molecule has 1 aromatic carbocycles. The molecule has 118 valence electrons. The molecule has 22 heavy (non-hydrogen) atoms. The standard InChI is InChI=1S/C14H15F2N3O2S/c1-17-22(20,21)13-2-3-14(19-9-13)18-5-4-10-6-11(15)8-12(16)7-10/h2-3,6-9,17H,4-5H2,1H3,(H,18,19). The Hall–Kier alpha value is -2.06. The second kappa shape index (κ2) is 6.80. The summed E-state index contributed by atoms with van der Waals surface area (Å²) in [5.74, 6) is -0.753. The van der Waals surface area contributed by atoms with E-state index in [4.69, 9.17) is 0 Å². The van der Waals surface area contributed by atoms with Crippen molar-refractivity contribution in [1.82, 2.24) is 9.71 Å². The monoisotopic (exact) mass is 327 g/mol. The Morgan fingerprint density at radius 2 is 1.82 bits per heavy atom. The molecule has 0 bridgehead atoms. The van der Waals surface area contributed by atoms with E-state index < -0.39 is 21.7 Å². The molecule has 8 heteroatoms. The third-order valence-corrected chi connectivity index (χ3v) is 4.36. The average Bonchev–Trinajstić information content (AvgIpc) is 2.47. The highest BCUT2D eigenvalue weighted by Crippen LogP contribution is 2.11. The number of sulfonamides is 1. The van der Waals surface area contributed by atoms with Crippen molar-refractivity contribution in [2.45, 2.75) is 11.3 Å². The van der Waals surface area contributed by atoms with Gasteiger partial charge in [-0.05, 0) is 43.3 Å². The highest BCUT2D eigenvalue weighted by atomic mass is 32.2. The van der Waals surface area contributed by atoms with Gasteiger partial charge in [-0.3, -0.25) is 0 Å². The fraction of sp³-hybridized carbons (Fsp3) is 0.214. The minimum atomic E-state index is -3.51. The zero-order valence-electron chi connectivity index (χ0n) is 11.8. The van der Waals surface area contributed by atoms with Crippen molar-refractivity contribution >= 4 is 15.8 Å². The van der Waals surface area contributed by atoms with Gasteiger partial charge in [-0.1, -0.05) is 0 Å². The zero-order chi connectivity index (χ0) is 16.2. The molecule has 0 unspecified atom stereocenters. The van der Waals surface area contributed by atoms with E-state index in [1.165, 1.54) is 37.5 Å². The number of hydrogen-bond donors (Lipinski definition) is 2. The SMILES string of the molecule is CNS(=O)(=O)c1ccc(NCCc2cc(F)cc(F)c2)nc1. The molecule has 0 radical (unpaired) electrons. The smallest absolute Gasteiger partial charge is 0.241 e. The van der Waals surface area contributed by atoms with Crippen LogP contribution in [0.2, 0.25) is 0 Å². The van der Waals surface area contributed by atoms with Gasteiger partial charge in [0.1, 0.15) is 22.3 Å². The maximum Gasteiger partial charge on any atom is 0.241 e. The van der Waals surface area contributed by atoms with Gasteiger partial charge < -0.3 is 5.32 Å². The second-order valence-electron chi connectivity index (χ2n) is 4.54. The first kappa shape index (κ1) is 16.3. The lowest BCUT2D eigenvalue weighted by atomic mass is 10.1. The number of benzene rings is 1. The number of halogens is 2. The van der Waals surface area contributed by atoms with Crippen LogP contribution in [0.25, 0.3) is 0 Å². The van der Waals surface area contributed by atoms with E-state index in [2.05, 4.69) is 15.0 Å². The summed E-state index contributed by atoms with van der Waals surface area (Å²) in [6.07, 6.45) is 1.64. The fourth-order valence-corrected chi connectivity index (χ4v) is 2.53. The number of hydrogen-bond acceptors (Lipinski definition) is 4. The first-order valence-corrected chi connectivity index (χ1v) is 7.97. The number of rotatable bonds is 6. The largest absolute Gasteiger partial charge is 0.370 e. The molecule has 2 rings (SSSR count). The highest BCUT2D eigenvalue weighted by molar-refractivity contribution is 7.89. The van der Waals surface area contributed by atoms with Crippen molar-refractivity contribution in [3.8, 4) is 0 Å². The molecule has 2 N–H and O–H groups in total. The van der Waals surface area contributed by atoms with E-state index in [1.54, 1.807) is 0 Å². The second-order valence-corrected chi connectivity index (χ2v) is 6.43. The number of pyridine rings is 1. The molecule has 2 aromatic rings. The molecule has 0 aliphatic rings. The Morgan fingerprint density at radius 1 is 1.14 bits per heavy atom. The van der Waals surface area contributed by atoms with Crippen LogP contribution >= 0.6 is 0 Å². The Morgan fingerprint density at radius 3 is 2.36 bits per heavy atom. The van der Waals surface area contributed by atoms with E-state index in [-0.39, 0.29) is 4.90 Å². The van der Waals surface area contributed by atoms with Crippen LogP contribution in [0.3, 0.4) is 0 Å². The molecule has 0 saturated heterocycles. The Balaban J connectivity index is 1.95. The number of nitrogens with one attached hydrogen (secondary N) is 2. The van der Waals surface area contributed by atoms with Crippen LogP contribution in [0, 0.1) is 11.6 Å². The summed E-state index contributed by atoms with van der Waals surface area (Å²) in [6.45, 7) is 0.411. The zero-order valence-corrected chi connectivity index (χ0v) is 12.6. The number of aromatic nitrogens is 1. The van der Waals surface area contributed by atoms with Gasteiger partial charge in [-0.15, -0.1) is 0 Å². The molecular weight excluding hydrogens is 312 g/mol. The van der Waals surface area contributed by atoms with Gasteiger partial charge in [0.15, 0.2) is 0 Å². The predicted octanol–water partition coefficient (Wildman–Crippen LogP) is 1.92. The van der Waals surface area contributed by atoms with Gasteiger partial charge in [0.2, 0.25) is 10.0 Å². The van der Waals surface area contributed by atoms with Gasteiger partial charge >= 0.3 is 0 Å². The van der Waals surface area contributed by atoms with E-state index >= 15 is 0 Å². The summed E-state index contributed by atoms with van der Waals surface area (Å²) in [4.78, 5) is 4.04. The quantitative estimate of drug-likeness (QED) is 0.850. The van der Waals surface area contributed by atoms with E-state index in [0.717, 1.165) is 6.07 Å². The molecule has 1 aromatic heterocycles. The molecule has 0 atom stereocenters. The molecule has 0 aliphatic carbocycles. The number of anilines is 1. The van der Waals surface area contributed by atoms with Crippen molar-refractivity contribution in [2.24, 2.45) is 0 Å². The summed E-state index contributed by atoms with van der Waals surface area (Å²) < 4.78 is 51.3. The van der Waals surface area contributed by atoms with Gasteiger partial charge in [0.05, 0.1) is 0 Å². The first-order valence-electron chi connectivity index (χ1n) is 6.49. The summed E-state index contributed by atoms with van der Waals surface area (Å²) in [6, 6.07) is 6.29. The summed E-state index contributed by atoms with van der Waals surface area (Å²) in [7, 11) is -2.19. The maximum atomic E-state index is 13.0. The molecule has 0 fully saturated rings.